The summed E-state index contributed by atoms with van der Waals surface area (Å²) in [5.74, 6) is 2.06. The van der Waals surface area contributed by atoms with Crippen LogP contribution >= 0.6 is 0 Å². The van der Waals surface area contributed by atoms with E-state index in [-0.39, 0.29) is 17.9 Å². The van der Waals surface area contributed by atoms with E-state index in [1.54, 1.807) is 24.9 Å². The summed E-state index contributed by atoms with van der Waals surface area (Å²) in [5.41, 5.74) is 0. The van der Waals surface area contributed by atoms with Gasteiger partial charge in [-0.1, -0.05) is 6.42 Å². The average Bonchev–Trinajstić information content (AvgIpc) is 3.30. The number of furan rings is 1. The third-order valence-corrected chi connectivity index (χ3v) is 5.91. The monoisotopic (exact) mass is 383 g/mol. The highest BCUT2D eigenvalue weighted by molar-refractivity contribution is 5.79. The highest BCUT2D eigenvalue weighted by atomic mass is 16.3. The number of rotatable bonds is 6. The van der Waals surface area contributed by atoms with E-state index in [0.29, 0.717) is 6.54 Å². The summed E-state index contributed by atoms with van der Waals surface area (Å²) in [6, 6.07) is 4.07. The number of carbonyl (C=O) groups excluding carboxylic acids is 1. The Morgan fingerprint density at radius 1 is 1.18 bits per heavy atom. The minimum Gasteiger partial charge on any atom is -0.468 e. The first-order valence-electron chi connectivity index (χ1n) is 10.4. The van der Waals surface area contributed by atoms with Crippen LogP contribution in [0.25, 0.3) is 0 Å². The van der Waals surface area contributed by atoms with Crippen molar-refractivity contribution in [1.82, 2.24) is 20.2 Å². The lowest BCUT2D eigenvalue weighted by Crippen LogP contribution is -2.44. The van der Waals surface area contributed by atoms with Crippen LogP contribution in [0.3, 0.4) is 0 Å². The molecule has 0 aliphatic carbocycles. The normalized spacial score (nSPS) is 20.1. The number of nitrogens with one attached hydrogen (secondary N) is 1. The zero-order chi connectivity index (χ0) is 19.2. The molecule has 1 N–H and O–H groups in total. The van der Waals surface area contributed by atoms with Crippen molar-refractivity contribution in [2.24, 2.45) is 5.92 Å². The van der Waals surface area contributed by atoms with E-state index in [2.05, 4.69) is 25.1 Å². The van der Waals surface area contributed by atoms with Crippen LogP contribution in [0.1, 0.15) is 43.9 Å². The molecule has 0 bridgehead atoms. The lowest BCUT2D eigenvalue weighted by Gasteiger charge is -2.35. The quantitative estimate of drug-likeness (QED) is 0.827. The van der Waals surface area contributed by atoms with Gasteiger partial charge in [0, 0.05) is 37.9 Å². The van der Waals surface area contributed by atoms with Gasteiger partial charge in [0.1, 0.15) is 11.6 Å². The van der Waals surface area contributed by atoms with Gasteiger partial charge >= 0.3 is 0 Å². The molecule has 7 nitrogen and oxygen atoms in total. The fourth-order valence-corrected chi connectivity index (χ4v) is 4.29. The van der Waals surface area contributed by atoms with Gasteiger partial charge in [0.15, 0.2) is 0 Å². The number of carbonyl (C=O) groups is 1. The highest BCUT2D eigenvalue weighted by Gasteiger charge is 2.28. The van der Waals surface area contributed by atoms with Crippen LogP contribution in [0.4, 0.5) is 5.82 Å². The summed E-state index contributed by atoms with van der Waals surface area (Å²) in [7, 11) is 0. The van der Waals surface area contributed by atoms with Gasteiger partial charge in [-0.25, -0.2) is 4.98 Å². The van der Waals surface area contributed by atoms with E-state index < -0.39 is 0 Å². The molecule has 0 saturated carbocycles. The number of anilines is 1. The first kappa shape index (κ1) is 18.9. The first-order chi connectivity index (χ1) is 13.8. The van der Waals surface area contributed by atoms with Gasteiger partial charge in [-0.15, -0.1) is 0 Å². The SMILES string of the molecule is O=C(NCC(c1ccco1)N1CCCCC1)C1CCN(c2cnccn2)CC1. The molecule has 2 fully saturated rings. The summed E-state index contributed by atoms with van der Waals surface area (Å²) < 4.78 is 5.68. The Morgan fingerprint density at radius 3 is 2.68 bits per heavy atom. The fraction of sp³-hybridized carbons (Fsp3) is 0.571. The van der Waals surface area contributed by atoms with Crippen LogP contribution in [-0.2, 0) is 4.79 Å². The molecule has 1 atom stereocenters. The van der Waals surface area contributed by atoms with Crippen molar-refractivity contribution >= 4 is 11.7 Å². The van der Waals surface area contributed by atoms with E-state index in [9.17, 15) is 4.79 Å². The number of nitrogens with zero attached hydrogens (tertiary/aromatic N) is 4. The molecule has 2 aromatic rings. The van der Waals surface area contributed by atoms with Crippen LogP contribution in [0, 0.1) is 5.92 Å². The molecule has 2 aliphatic rings. The number of hydrogen-bond donors (Lipinski definition) is 1. The number of likely N-dealkylation sites (tertiary alicyclic amines) is 1. The minimum atomic E-state index is 0.0616. The molecule has 4 heterocycles. The lowest BCUT2D eigenvalue weighted by molar-refractivity contribution is -0.125. The van der Waals surface area contributed by atoms with Crippen molar-refractivity contribution in [3.63, 3.8) is 0 Å². The number of piperidine rings is 2. The molecule has 4 rings (SSSR count). The van der Waals surface area contributed by atoms with Crippen molar-refractivity contribution in [1.29, 1.82) is 0 Å². The van der Waals surface area contributed by atoms with Gasteiger partial charge in [-0.3, -0.25) is 14.7 Å². The second-order valence-corrected chi connectivity index (χ2v) is 7.70. The van der Waals surface area contributed by atoms with Crippen LogP contribution in [0.5, 0.6) is 0 Å². The molecule has 7 heteroatoms. The summed E-state index contributed by atoms with van der Waals surface area (Å²) in [4.78, 5) is 25.9. The first-order valence-corrected chi connectivity index (χ1v) is 10.4. The molecule has 0 spiro atoms. The molecule has 1 unspecified atom stereocenters. The second-order valence-electron chi connectivity index (χ2n) is 7.70. The smallest absolute Gasteiger partial charge is 0.223 e. The molecular weight excluding hydrogens is 354 g/mol. The summed E-state index contributed by atoms with van der Waals surface area (Å²) >= 11 is 0. The molecule has 1 amide bonds. The molecule has 0 radical (unpaired) electrons. The van der Waals surface area contributed by atoms with E-state index >= 15 is 0 Å². The highest BCUT2D eigenvalue weighted by Crippen LogP contribution is 2.25. The Labute approximate surface area is 166 Å². The Bertz CT molecular complexity index is 723. The Morgan fingerprint density at radius 2 is 2.00 bits per heavy atom. The lowest BCUT2D eigenvalue weighted by atomic mass is 9.95. The molecule has 150 valence electrons. The van der Waals surface area contributed by atoms with Crippen molar-refractivity contribution in [3.05, 3.63) is 42.7 Å². The van der Waals surface area contributed by atoms with Gasteiger partial charge in [-0.2, -0.15) is 0 Å². The third kappa shape index (κ3) is 4.52. The fourth-order valence-electron chi connectivity index (χ4n) is 4.29. The Kier molecular flexibility index (Phi) is 6.21. The van der Waals surface area contributed by atoms with Gasteiger partial charge in [-0.05, 0) is 50.9 Å². The minimum absolute atomic E-state index is 0.0616. The average molecular weight is 383 g/mol. The maximum atomic E-state index is 12.8. The predicted octanol–water partition coefficient (Wildman–Crippen LogP) is 2.63. The molecule has 2 aliphatic heterocycles. The van der Waals surface area contributed by atoms with Crippen molar-refractivity contribution in [2.45, 2.75) is 38.1 Å². The second kappa shape index (κ2) is 9.19. The summed E-state index contributed by atoms with van der Waals surface area (Å²) in [6.45, 7) is 4.42. The zero-order valence-electron chi connectivity index (χ0n) is 16.3. The van der Waals surface area contributed by atoms with Crippen LogP contribution in [0.15, 0.2) is 41.4 Å². The Hall–Kier alpha value is -2.41. The summed E-state index contributed by atoms with van der Waals surface area (Å²) in [6.07, 6.45) is 12.3. The van der Waals surface area contributed by atoms with Crippen LogP contribution < -0.4 is 10.2 Å². The third-order valence-electron chi connectivity index (χ3n) is 5.91. The van der Waals surface area contributed by atoms with Crippen molar-refractivity contribution in [2.75, 3.05) is 37.6 Å². The maximum absolute atomic E-state index is 12.8. The zero-order valence-corrected chi connectivity index (χ0v) is 16.3. The van der Waals surface area contributed by atoms with Gasteiger partial charge in [0.2, 0.25) is 5.91 Å². The van der Waals surface area contributed by atoms with Crippen LogP contribution in [0.2, 0.25) is 0 Å². The van der Waals surface area contributed by atoms with Gasteiger partial charge in [0.25, 0.3) is 0 Å². The molecule has 28 heavy (non-hydrogen) atoms. The van der Waals surface area contributed by atoms with Crippen molar-refractivity contribution in [3.8, 4) is 0 Å². The topological polar surface area (TPSA) is 74.5 Å². The Balaban J connectivity index is 1.30. The predicted molar refractivity (Wildman–Crippen MR) is 107 cm³/mol. The molecule has 2 aromatic heterocycles. The van der Waals surface area contributed by atoms with E-state index in [4.69, 9.17) is 4.42 Å². The molecule has 2 saturated heterocycles. The van der Waals surface area contributed by atoms with Gasteiger partial charge in [0.05, 0.1) is 18.5 Å². The number of hydrogen-bond acceptors (Lipinski definition) is 6. The van der Waals surface area contributed by atoms with Crippen LogP contribution in [-0.4, -0.2) is 53.5 Å². The standard InChI is InChI=1S/C21H29N5O2/c27-21(17-6-12-26(13-7-17)20-16-22-8-9-23-20)24-15-18(19-5-4-14-28-19)25-10-2-1-3-11-25/h4-5,8-9,14,16-18H,1-3,6-7,10-13,15H2,(H,24,27). The maximum Gasteiger partial charge on any atom is 0.223 e. The molecule has 0 aromatic carbocycles. The summed E-state index contributed by atoms with van der Waals surface area (Å²) in [5, 5.41) is 3.21. The van der Waals surface area contributed by atoms with E-state index in [0.717, 1.165) is 50.6 Å². The van der Waals surface area contributed by atoms with E-state index in [1.807, 2.05) is 12.1 Å². The molecular formula is C21H29N5O2. The number of amides is 1. The van der Waals surface area contributed by atoms with E-state index in [1.165, 1.54) is 19.3 Å². The number of aromatic nitrogens is 2. The van der Waals surface area contributed by atoms with Gasteiger partial charge < -0.3 is 14.6 Å². The largest absolute Gasteiger partial charge is 0.468 e. The van der Waals surface area contributed by atoms with Crippen molar-refractivity contribution < 1.29 is 9.21 Å².